The van der Waals surface area contributed by atoms with Gasteiger partial charge in [0.2, 0.25) is 5.91 Å². The second kappa shape index (κ2) is 13.2. The molecule has 4 aromatic rings. The van der Waals surface area contributed by atoms with Crippen molar-refractivity contribution in [2.75, 3.05) is 17.5 Å². The molecular formula is C32H25Cl2F3N2O6S. The Balaban J connectivity index is 1.32. The van der Waals surface area contributed by atoms with Crippen molar-refractivity contribution < 1.29 is 41.0 Å². The Labute approximate surface area is 272 Å². The lowest BCUT2D eigenvalue weighted by Gasteiger charge is -2.26. The van der Waals surface area contributed by atoms with E-state index in [9.17, 15) is 31.2 Å². The van der Waals surface area contributed by atoms with E-state index in [2.05, 4.69) is 5.32 Å². The summed E-state index contributed by atoms with van der Waals surface area (Å²) in [4.78, 5) is 24.1. The van der Waals surface area contributed by atoms with Crippen molar-refractivity contribution in [3.05, 3.63) is 112 Å². The number of nitrogens with zero attached hydrogens (tertiary/aromatic N) is 1. The third-order valence-electron chi connectivity index (χ3n) is 7.25. The number of alkyl halides is 3. The van der Waals surface area contributed by atoms with E-state index in [0.29, 0.717) is 16.8 Å². The smallest absolute Gasteiger partial charge is 0.416 e. The van der Waals surface area contributed by atoms with Crippen LogP contribution in [-0.2, 0) is 38.6 Å². The van der Waals surface area contributed by atoms with Crippen molar-refractivity contribution >= 4 is 50.8 Å². The van der Waals surface area contributed by atoms with Crippen LogP contribution in [0.5, 0.6) is 5.75 Å². The van der Waals surface area contributed by atoms with Crippen molar-refractivity contribution in [1.82, 2.24) is 5.32 Å². The van der Waals surface area contributed by atoms with Crippen LogP contribution in [0.3, 0.4) is 0 Å². The fourth-order valence-corrected chi connectivity index (χ4v) is 7.23. The van der Waals surface area contributed by atoms with Crippen LogP contribution in [0.4, 0.5) is 18.9 Å². The van der Waals surface area contributed by atoms with E-state index >= 15 is 0 Å². The second-order valence-electron chi connectivity index (χ2n) is 10.3. The Morgan fingerprint density at radius 3 is 2.35 bits per heavy atom. The summed E-state index contributed by atoms with van der Waals surface area (Å²) < 4.78 is 74.4. The summed E-state index contributed by atoms with van der Waals surface area (Å²) in [5.74, 6) is -1.29. The number of anilines is 1. The number of carboxylic acid groups (broad SMARTS) is 1. The van der Waals surface area contributed by atoms with Gasteiger partial charge in [-0.1, -0.05) is 59.6 Å². The molecule has 0 aliphatic carbocycles. The van der Waals surface area contributed by atoms with Crippen LogP contribution in [0, 0.1) is 0 Å². The van der Waals surface area contributed by atoms with Crippen LogP contribution in [0.1, 0.15) is 16.7 Å². The molecular weight excluding hydrogens is 668 g/mol. The largest absolute Gasteiger partial charge is 0.490 e. The first-order valence-electron chi connectivity index (χ1n) is 13.8. The highest BCUT2D eigenvalue weighted by atomic mass is 35.5. The van der Waals surface area contributed by atoms with Gasteiger partial charge in [-0.15, -0.1) is 0 Å². The van der Waals surface area contributed by atoms with Crippen LogP contribution >= 0.6 is 23.2 Å². The molecule has 1 atom stereocenters. The minimum Gasteiger partial charge on any atom is -0.490 e. The molecule has 5 rings (SSSR count). The Hall–Kier alpha value is -4.26. The first kappa shape index (κ1) is 33.1. The molecule has 0 unspecified atom stereocenters. The number of sulfonamides is 1. The van der Waals surface area contributed by atoms with Crippen molar-refractivity contribution in [2.24, 2.45) is 0 Å². The summed E-state index contributed by atoms with van der Waals surface area (Å²) >= 11 is 12.4. The van der Waals surface area contributed by atoms with Gasteiger partial charge >= 0.3 is 12.1 Å². The van der Waals surface area contributed by atoms with E-state index in [1.807, 2.05) is 0 Å². The Morgan fingerprint density at radius 1 is 0.957 bits per heavy atom. The molecule has 4 aromatic carbocycles. The number of nitrogens with one attached hydrogen (secondary N) is 1. The number of fused-ring (bicyclic) bond motifs is 1. The number of ether oxygens (including phenoxy) is 1. The van der Waals surface area contributed by atoms with Gasteiger partial charge in [0.15, 0.2) is 0 Å². The number of hydrogen-bond donors (Lipinski definition) is 2. The van der Waals surface area contributed by atoms with Gasteiger partial charge in [-0.2, -0.15) is 13.2 Å². The summed E-state index contributed by atoms with van der Waals surface area (Å²) in [6.45, 7) is 0.00886. The van der Waals surface area contributed by atoms with E-state index in [1.165, 1.54) is 36.4 Å². The van der Waals surface area contributed by atoms with Crippen molar-refractivity contribution in [2.45, 2.75) is 30.0 Å². The molecule has 0 aromatic heterocycles. The minimum atomic E-state index is -4.59. The van der Waals surface area contributed by atoms with Gasteiger partial charge in [-0.05, 0) is 65.2 Å². The molecule has 240 valence electrons. The third kappa shape index (κ3) is 7.09. The molecule has 0 radical (unpaired) electrons. The van der Waals surface area contributed by atoms with E-state index in [4.69, 9.17) is 33.0 Å². The molecule has 1 aliphatic heterocycles. The standard InChI is InChI=1S/C32H25Cl2F3N2O6S/c33-25-11-8-22(32(35,36)37)18-24(25)20-6-9-23(10-7-20)46(43,44)39-27-4-2-1-3-21(27)17-28(39)31(42)38-13-14-45-29-12-5-19(15-26(29)34)16-30(40)41/h1-12,15,18,28H,13-14,16-17H2,(H,38,42)(H,40,41)/t28-/m0/s1. The number of carboxylic acids is 1. The monoisotopic (exact) mass is 692 g/mol. The summed E-state index contributed by atoms with van der Waals surface area (Å²) in [7, 11) is -4.31. The molecule has 2 N–H and O–H groups in total. The average Bonchev–Trinajstić information content (AvgIpc) is 3.40. The van der Waals surface area contributed by atoms with Crippen molar-refractivity contribution in [1.29, 1.82) is 0 Å². The maximum absolute atomic E-state index is 14.0. The first-order chi connectivity index (χ1) is 21.8. The number of rotatable bonds is 10. The van der Waals surface area contributed by atoms with Crippen LogP contribution in [-0.4, -0.2) is 44.6 Å². The molecule has 1 heterocycles. The zero-order chi connectivity index (χ0) is 33.2. The lowest BCUT2D eigenvalue weighted by atomic mass is 10.0. The summed E-state index contributed by atoms with van der Waals surface area (Å²) in [5.41, 5.74) is 0.939. The SMILES string of the molecule is O=C(O)Cc1ccc(OCCNC(=O)[C@@H]2Cc3ccccc3N2S(=O)(=O)c2ccc(-c3cc(C(F)(F)F)ccc3Cl)cc2)c(Cl)c1. The lowest BCUT2D eigenvalue weighted by Crippen LogP contribution is -2.48. The molecule has 0 saturated carbocycles. The number of benzene rings is 4. The van der Waals surface area contributed by atoms with E-state index in [0.717, 1.165) is 22.5 Å². The molecule has 0 spiro atoms. The summed E-state index contributed by atoms with van der Waals surface area (Å²) in [6, 6.07) is 18.3. The van der Waals surface area contributed by atoms with Crippen LogP contribution < -0.4 is 14.4 Å². The van der Waals surface area contributed by atoms with Crippen molar-refractivity contribution in [3.63, 3.8) is 0 Å². The zero-order valence-corrected chi connectivity index (χ0v) is 26.1. The first-order valence-corrected chi connectivity index (χ1v) is 16.0. The summed E-state index contributed by atoms with van der Waals surface area (Å²) in [6.07, 6.45) is -4.68. The predicted molar refractivity (Wildman–Crippen MR) is 167 cm³/mol. The van der Waals surface area contributed by atoms with Gasteiger partial charge in [0, 0.05) is 17.0 Å². The predicted octanol–water partition coefficient (Wildman–Crippen LogP) is 6.62. The topological polar surface area (TPSA) is 113 Å². The molecule has 46 heavy (non-hydrogen) atoms. The molecule has 0 fully saturated rings. The highest BCUT2D eigenvalue weighted by molar-refractivity contribution is 7.93. The average molecular weight is 694 g/mol. The number of amides is 1. The zero-order valence-electron chi connectivity index (χ0n) is 23.7. The second-order valence-corrected chi connectivity index (χ2v) is 13.0. The van der Waals surface area contributed by atoms with E-state index < -0.39 is 39.7 Å². The number of halogens is 5. The highest BCUT2D eigenvalue weighted by Gasteiger charge is 2.42. The van der Waals surface area contributed by atoms with Crippen LogP contribution in [0.2, 0.25) is 10.0 Å². The fraction of sp³-hybridized carbons (Fsp3) is 0.188. The normalized spacial score (nSPS) is 14.5. The molecule has 0 bridgehead atoms. The number of para-hydroxylation sites is 1. The molecule has 0 saturated heterocycles. The summed E-state index contributed by atoms with van der Waals surface area (Å²) in [5, 5.41) is 11.9. The maximum atomic E-state index is 14.0. The minimum absolute atomic E-state index is 0.00425. The van der Waals surface area contributed by atoms with Crippen LogP contribution in [0.25, 0.3) is 11.1 Å². The molecule has 1 amide bonds. The van der Waals surface area contributed by atoms with Gasteiger partial charge in [-0.25, -0.2) is 8.42 Å². The van der Waals surface area contributed by atoms with E-state index in [-0.39, 0.29) is 57.8 Å². The van der Waals surface area contributed by atoms with Crippen molar-refractivity contribution in [3.8, 4) is 16.9 Å². The maximum Gasteiger partial charge on any atom is 0.416 e. The molecule has 8 nitrogen and oxygen atoms in total. The number of hydrogen-bond acceptors (Lipinski definition) is 5. The van der Waals surface area contributed by atoms with Gasteiger partial charge in [0.1, 0.15) is 18.4 Å². The number of aliphatic carboxylic acids is 1. The van der Waals surface area contributed by atoms with Crippen LogP contribution in [0.15, 0.2) is 89.8 Å². The molecule has 1 aliphatic rings. The van der Waals surface area contributed by atoms with Gasteiger partial charge in [-0.3, -0.25) is 13.9 Å². The number of carbonyl (C=O) groups excluding carboxylic acids is 1. The Bertz CT molecular complexity index is 1900. The highest BCUT2D eigenvalue weighted by Crippen LogP contribution is 2.39. The lowest BCUT2D eigenvalue weighted by molar-refractivity contribution is -0.138. The number of carbonyl (C=O) groups is 2. The fourth-order valence-electron chi connectivity index (χ4n) is 5.10. The Kier molecular flexibility index (Phi) is 9.52. The van der Waals surface area contributed by atoms with E-state index in [1.54, 1.807) is 30.3 Å². The quantitative estimate of drug-likeness (QED) is 0.181. The van der Waals surface area contributed by atoms with Gasteiger partial charge in [0.25, 0.3) is 10.0 Å². The Morgan fingerprint density at radius 2 is 1.67 bits per heavy atom. The molecule has 14 heteroatoms. The van der Waals surface area contributed by atoms with Gasteiger partial charge < -0.3 is 15.2 Å². The third-order valence-corrected chi connectivity index (χ3v) is 9.72. The van der Waals surface area contributed by atoms with Gasteiger partial charge in [0.05, 0.1) is 34.1 Å².